The Labute approximate surface area is 259 Å². The van der Waals surface area contributed by atoms with Crippen LogP contribution in [0.25, 0.3) is 11.1 Å². The molecule has 0 radical (unpaired) electrons. The minimum absolute atomic E-state index is 0.0439. The molecule has 10 nitrogen and oxygen atoms in total. The summed E-state index contributed by atoms with van der Waals surface area (Å²) in [5.41, 5.74) is 5.78. The minimum atomic E-state index is -2.60. The van der Waals surface area contributed by atoms with Crippen molar-refractivity contribution in [2.75, 3.05) is 13.7 Å². The maximum absolute atomic E-state index is 14.0. The number of benzene rings is 3. The first kappa shape index (κ1) is 30.1. The number of methoxy groups -OCH3 is 1. The monoisotopic (exact) mass is 610 g/mol. The molecule has 0 fully saturated rings. The zero-order valence-corrected chi connectivity index (χ0v) is 24.7. The normalized spacial score (nSPS) is 22.5. The van der Waals surface area contributed by atoms with Gasteiger partial charge in [-0.2, -0.15) is 0 Å². The molecule has 3 atom stereocenters. The standard InChI is InChI=1S/C35H34N2O8/c1-45-27-10-7-19(17-37-12-11-18-5-3-2-4-6-18)13-23(27)22-8-9-25(38)29-24(22)15-20-14-21-16-26(39)30(34(36)43)33(42)35(21,44)32(41)28(20)31(29)40/h2-10,13,20-21,37-39,41,44H,11-12,14-17H2,1H3,(H2,36,43)/t20-,21?,35+/m1/s1. The number of aliphatic hydroxyl groups is 3. The van der Waals surface area contributed by atoms with Gasteiger partial charge in [0, 0.05) is 30.0 Å². The highest BCUT2D eigenvalue weighted by molar-refractivity contribution is 6.24. The first-order chi connectivity index (χ1) is 21.6. The van der Waals surface area contributed by atoms with Crippen LogP contribution in [0.15, 0.2) is 83.3 Å². The van der Waals surface area contributed by atoms with E-state index in [1.807, 2.05) is 36.4 Å². The highest BCUT2D eigenvalue weighted by atomic mass is 16.5. The van der Waals surface area contributed by atoms with Gasteiger partial charge in [0.2, 0.25) is 5.78 Å². The quantitative estimate of drug-likeness (QED) is 0.164. The number of fused-ring (bicyclic) bond motifs is 3. The van der Waals surface area contributed by atoms with Gasteiger partial charge < -0.3 is 36.2 Å². The van der Waals surface area contributed by atoms with Crippen molar-refractivity contribution in [2.24, 2.45) is 17.6 Å². The fourth-order valence-electron chi connectivity index (χ4n) is 7.06. The second-order valence-corrected chi connectivity index (χ2v) is 11.8. The van der Waals surface area contributed by atoms with Crippen molar-refractivity contribution in [3.8, 4) is 22.6 Å². The molecule has 0 saturated heterocycles. The molecule has 6 rings (SSSR count). The van der Waals surface area contributed by atoms with Crippen molar-refractivity contribution in [3.05, 3.63) is 106 Å². The Balaban J connectivity index is 1.36. The van der Waals surface area contributed by atoms with E-state index >= 15 is 0 Å². The van der Waals surface area contributed by atoms with E-state index in [1.165, 1.54) is 11.6 Å². The van der Waals surface area contributed by atoms with Crippen LogP contribution in [0.3, 0.4) is 0 Å². The highest BCUT2D eigenvalue weighted by Gasteiger charge is 2.59. The van der Waals surface area contributed by atoms with E-state index in [9.17, 15) is 34.8 Å². The molecule has 3 aliphatic rings. The topological polar surface area (TPSA) is 179 Å². The third-order valence-electron chi connectivity index (χ3n) is 9.26. The summed E-state index contributed by atoms with van der Waals surface area (Å²) < 4.78 is 5.69. The highest BCUT2D eigenvalue weighted by Crippen LogP contribution is 2.52. The SMILES string of the molecule is COc1ccc(CNCCc2ccccc2)cc1-c1ccc(O)c2c1C[C@H]1CC3CC(O)=C(C(N)=O)C(=O)[C@@]3(O)C(O)=C1C2=O. The summed E-state index contributed by atoms with van der Waals surface area (Å²) in [6, 6.07) is 19.1. The van der Waals surface area contributed by atoms with Crippen LogP contribution in [0.4, 0.5) is 0 Å². The average Bonchev–Trinajstić information content (AvgIpc) is 3.01. The van der Waals surface area contributed by atoms with E-state index in [0.717, 1.165) is 18.5 Å². The average molecular weight is 611 g/mol. The lowest BCUT2D eigenvalue weighted by atomic mass is 9.60. The molecule has 1 amide bonds. The number of primary amides is 1. The van der Waals surface area contributed by atoms with Crippen LogP contribution in [0.5, 0.6) is 11.5 Å². The predicted molar refractivity (Wildman–Crippen MR) is 165 cm³/mol. The molecule has 10 heteroatoms. The van der Waals surface area contributed by atoms with Crippen molar-refractivity contribution < 1.29 is 39.5 Å². The Morgan fingerprint density at radius 3 is 2.47 bits per heavy atom. The molecule has 0 spiro atoms. The lowest BCUT2D eigenvalue weighted by Gasteiger charge is -2.45. The zero-order chi connectivity index (χ0) is 32.0. The summed E-state index contributed by atoms with van der Waals surface area (Å²) in [6.07, 6.45) is 0.845. The van der Waals surface area contributed by atoms with E-state index in [4.69, 9.17) is 10.5 Å². The summed E-state index contributed by atoms with van der Waals surface area (Å²) in [5, 5.41) is 47.6. The first-order valence-electron chi connectivity index (χ1n) is 14.8. The van der Waals surface area contributed by atoms with Crippen LogP contribution in [-0.4, -0.2) is 57.2 Å². The number of allylic oxidation sites excluding steroid dienone is 2. The number of hydrogen-bond acceptors (Lipinski definition) is 9. The molecule has 0 bridgehead atoms. The van der Waals surface area contributed by atoms with Crippen LogP contribution in [0.1, 0.15) is 39.9 Å². The third-order valence-corrected chi connectivity index (χ3v) is 9.26. The van der Waals surface area contributed by atoms with Crippen molar-refractivity contribution in [1.29, 1.82) is 0 Å². The molecule has 0 heterocycles. The Kier molecular flexibility index (Phi) is 7.72. The van der Waals surface area contributed by atoms with E-state index in [1.54, 1.807) is 13.2 Å². The Bertz CT molecular complexity index is 1790. The summed E-state index contributed by atoms with van der Waals surface area (Å²) in [4.78, 5) is 39.1. The van der Waals surface area contributed by atoms with Crippen LogP contribution >= 0.6 is 0 Å². The first-order valence-corrected chi connectivity index (χ1v) is 14.8. The van der Waals surface area contributed by atoms with Crippen molar-refractivity contribution in [2.45, 2.75) is 37.8 Å². The minimum Gasteiger partial charge on any atom is -0.511 e. The second kappa shape index (κ2) is 11.5. The smallest absolute Gasteiger partial charge is 0.255 e. The van der Waals surface area contributed by atoms with E-state index in [2.05, 4.69) is 17.4 Å². The Morgan fingerprint density at radius 2 is 1.76 bits per heavy atom. The Hall–Kier alpha value is -4.93. The lowest BCUT2D eigenvalue weighted by Crippen LogP contribution is -2.57. The number of phenolic OH excluding ortho intramolecular Hbond substituents is 1. The fourth-order valence-corrected chi connectivity index (χ4v) is 7.06. The molecule has 45 heavy (non-hydrogen) atoms. The number of ketones is 2. The van der Waals surface area contributed by atoms with Gasteiger partial charge in [0.15, 0.2) is 11.4 Å². The number of nitrogens with one attached hydrogen (secondary N) is 1. The molecule has 1 unspecified atom stereocenters. The molecule has 3 aromatic rings. The maximum atomic E-state index is 14.0. The summed E-state index contributed by atoms with van der Waals surface area (Å²) >= 11 is 0. The predicted octanol–water partition coefficient (Wildman–Crippen LogP) is 3.59. The number of carbonyl (C=O) groups is 3. The number of phenols is 1. The zero-order valence-electron chi connectivity index (χ0n) is 24.7. The molecule has 7 N–H and O–H groups in total. The molecule has 0 saturated carbocycles. The molecular weight excluding hydrogens is 576 g/mol. The van der Waals surface area contributed by atoms with Gasteiger partial charge in [0.05, 0.1) is 12.7 Å². The van der Waals surface area contributed by atoms with Gasteiger partial charge in [-0.1, -0.05) is 42.5 Å². The van der Waals surface area contributed by atoms with Gasteiger partial charge >= 0.3 is 0 Å². The number of rotatable bonds is 8. The molecule has 0 aromatic heterocycles. The van der Waals surface area contributed by atoms with Crippen molar-refractivity contribution in [1.82, 2.24) is 5.32 Å². The van der Waals surface area contributed by atoms with E-state index < -0.39 is 52.0 Å². The number of aliphatic hydroxyl groups excluding tert-OH is 2. The number of amides is 1. The van der Waals surface area contributed by atoms with Crippen LogP contribution in [0.2, 0.25) is 0 Å². The summed E-state index contributed by atoms with van der Waals surface area (Å²) in [6.45, 7) is 1.36. The molecule has 232 valence electrons. The number of nitrogens with two attached hydrogens (primary N) is 1. The Morgan fingerprint density at radius 1 is 1.00 bits per heavy atom. The van der Waals surface area contributed by atoms with Crippen LogP contribution < -0.4 is 15.8 Å². The van der Waals surface area contributed by atoms with Gasteiger partial charge in [-0.3, -0.25) is 14.4 Å². The van der Waals surface area contributed by atoms with Gasteiger partial charge in [0.1, 0.15) is 28.6 Å². The third kappa shape index (κ3) is 4.96. The fraction of sp³-hybridized carbons (Fsp3) is 0.286. The molecular formula is C35H34N2O8. The lowest BCUT2D eigenvalue weighted by molar-refractivity contribution is -0.144. The largest absolute Gasteiger partial charge is 0.511 e. The van der Waals surface area contributed by atoms with E-state index in [-0.39, 0.29) is 36.1 Å². The molecule has 3 aromatic carbocycles. The van der Waals surface area contributed by atoms with Gasteiger partial charge in [0.25, 0.3) is 5.91 Å². The van der Waals surface area contributed by atoms with Gasteiger partial charge in [-0.15, -0.1) is 0 Å². The number of Topliss-reactive ketones (excluding diaryl/α,β-unsaturated/α-hetero) is 2. The summed E-state index contributed by atoms with van der Waals surface area (Å²) in [7, 11) is 1.55. The summed E-state index contributed by atoms with van der Waals surface area (Å²) in [5.74, 6) is -6.03. The maximum Gasteiger partial charge on any atom is 0.255 e. The molecule has 3 aliphatic carbocycles. The number of carbonyl (C=O) groups excluding carboxylic acids is 3. The van der Waals surface area contributed by atoms with E-state index in [0.29, 0.717) is 29.0 Å². The van der Waals surface area contributed by atoms with Gasteiger partial charge in [-0.05, 0) is 72.2 Å². The van der Waals surface area contributed by atoms with Crippen molar-refractivity contribution >= 4 is 17.5 Å². The molecule has 0 aliphatic heterocycles. The van der Waals surface area contributed by atoms with Crippen LogP contribution in [-0.2, 0) is 29.0 Å². The van der Waals surface area contributed by atoms with Crippen molar-refractivity contribution in [3.63, 3.8) is 0 Å². The second-order valence-electron chi connectivity index (χ2n) is 11.8. The number of ether oxygens (including phenoxy) is 1. The van der Waals surface area contributed by atoms with Gasteiger partial charge in [-0.25, -0.2) is 0 Å². The number of aromatic hydroxyl groups is 1. The number of hydrogen-bond donors (Lipinski definition) is 6. The van der Waals surface area contributed by atoms with Crippen LogP contribution in [0, 0.1) is 11.8 Å².